The number of rotatable bonds is 6. The molecule has 5 heterocycles. The summed E-state index contributed by atoms with van der Waals surface area (Å²) in [5.74, 6) is 1.44. The van der Waals surface area contributed by atoms with E-state index in [1.807, 2.05) is 41.0 Å². The van der Waals surface area contributed by atoms with Crippen LogP contribution in [0, 0.1) is 0 Å². The number of imidazole rings is 1. The van der Waals surface area contributed by atoms with Gasteiger partial charge in [-0.05, 0) is 66.4 Å². The van der Waals surface area contributed by atoms with E-state index < -0.39 is 0 Å². The minimum atomic E-state index is -0.290. The monoisotopic (exact) mass is 578 g/mol. The van der Waals surface area contributed by atoms with Crippen LogP contribution < -0.4 is 15.8 Å². The zero-order valence-electron chi connectivity index (χ0n) is 22.3. The predicted octanol–water partition coefficient (Wildman–Crippen LogP) is 4.12. The van der Waals surface area contributed by atoms with Gasteiger partial charge in [-0.3, -0.25) is 9.36 Å². The van der Waals surface area contributed by atoms with Crippen molar-refractivity contribution < 1.29 is 9.53 Å². The number of hydrogen-bond donors (Lipinski definition) is 2. The Balaban J connectivity index is 1.29. The average Bonchev–Trinajstić information content (AvgIpc) is 3.76. The fourth-order valence-electron chi connectivity index (χ4n) is 5.30. The Morgan fingerprint density at radius 3 is 2.71 bits per heavy atom. The van der Waals surface area contributed by atoms with E-state index in [0.29, 0.717) is 39.8 Å². The van der Waals surface area contributed by atoms with E-state index >= 15 is 0 Å². The van der Waals surface area contributed by atoms with Crippen molar-refractivity contribution in [3.63, 3.8) is 0 Å². The molecule has 0 spiro atoms. The van der Waals surface area contributed by atoms with Crippen LogP contribution in [0.1, 0.15) is 33.9 Å². The highest BCUT2D eigenvalue weighted by atomic mass is 35.5. The highest BCUT2D eigenvalue weighted by Gasteiger charge is 2.27. The second-order valence-corrected chi connectivity index (χ2v) is 10.0. The molecule has 0 unspecified atom stereocenters. The summed E-state index contributed by atoms with van der Waals surface area (Å²) in [7, 11) is 1.46. The number of ether oxygens (including phenoxy) is 1. The van der Waals surface area contributed by atoms with Gasteiger partial charge >= 0.3 is 0 Å². The van der Waals surface area contributed by atoms with Gasteiger partial charge in [0.15, 0.2) is 17.3 Å². The second-order valence-electron chi connectivity index (χ2n) is 9.67. The quantitative estimate of drug-likeness (QED) is 0.297. The van der Waals surface area contributed by atoms with Gasteiger partial charge in [-0.25, -0.2) is 19.9 Å². The zero-order chi connectivity index (χ0) is 28.8. The molecule has 7 rings (SSSR count). The Morgan fingerprint density at radius 1 is 1.05 bits per heavy atom. The molecule has 0 saturated heterocycles. The van der Waals surface area contributed by atoms with E-state index in [9.17, 15) is 4.79 Å². The second kappa shape index (κ2) is 10.2. The SMILES string of the molecule is COc1nccc(C(=O)N[C@H]2CCc3cc(-n4c(-c5cccnc5N)nc5ccc(-n6nccn6)nc54)ccc32)c1Cl. The van der Waals surface area contributed by atoms with Crippen molar-refractivity contribution in [2.24, 2.45) is 0 Å². The third-order valence-corrected chi connectivity index (χ3v) is 7.62. The number of pyridine rings is 3. The maximum atomic E-state index is 13.1. The van der Waals surface area contributed by atoms with Gasteiger partial charge < -0.3 is 15.8 Å². The topological polar surface area (TPSA) is 152 Å². The van der Waals surface area contributed by atoms with Gasteiger partial charge in [0.25, 0.3) is 5.91 Å². The number of carbonyl (C=O) groups is 1. The molecule has 1 atom stereocenters. The van der Waals surface area contributed by atoms with Crippen molar-refractivity contribution in [1.82, 2.24) is 44.8 Å². The number of halogens is 1. The minimum absolute atomic E-state index is 0.178. The lowest BCUT2D eigenvalue weighted by atomic mass is 10.1. The van der Waals surface area contributed by atoms with Crippen LogP contribution in [0.2, 0.25) is 5.02 Å². The molecule has 0 radical (unpaired) electrons. The van der Waals surface area contributed by atoms with Gasteiger partial charge in [0, 0.05) is 18.1 Å². The number of carbonyl (C=O) groups excluding carboxylic acids is 1. The van der Waals surface area contributed by atoms with E-state index in [1.54, 1.807) is 24.7 Å². The lowest BCUT2D eigenvalue weighted by molar-refractivity contribution is 0.0936. The number of amides is 1. The first-order valence-corrected chi connectivity index (χ1v) is 13.5. The normalized spacial score (nSPS) is 14.2. The average molecular weight is 579 g/mol. The van der Waals surface area contributed by atoms with E-state index in [2.05, 4.69) is 31.5 Å². The van der Waals surface area contributed by atoms with Crippen molar-refractivity contribution in [2.75, 3.05) is 12.8 Å². The molecule has 13 heteroatoms. The number of fused-ring (bicyclic) bond motifs is 2. The van der Waals surface area contributed by atoms with E-state index in [1.165, 1.54) is 18.1 Å². The lowest BCUT2D eigenvalue weighted by Gasteiger charge is -2.16. The Labute approximate surface area is 244 Å². The fraction of sp³-hybridized carbons (Fsp3) is 0.138. The number of hydrogen-bond acceptors (Lipinski definition) is 9. The van der Waals surface area contributed by atoms with Crippen LogP contribution in [0.25, 0.3) is 34.1 Å². The number of nitrogens with one attached hydrogen (secondary N) is 1. The smallest absolute Gasteiger partial charge is 0.253 e. The third kappa shape index (κ3) is 4.29. The van der Waals surface area contributed by atoms with Gasteiger partial charge in [-0.2, -0.15) is 10.2 Å². The Morgan fingerprint density at radius 2 is 1.90 bits per heavy atom. The number of anilines is 1. The zero-order valence-corrected chi connectivity index (χ0v) is 23.0. The molecule has 1 aromatic carbocycles. The molecule has 3 N–H and O–H groups in total. The van der Waals surface area contributed by atoms with Gasteiger partial charge in [0.05, 0.1) is 36.7 Å². The Bertz CT molecular complexity index is 1970. The molecule has 1 amide bonds. The first-order valence-electron chi connectivity index (χ1n) is 13.1. The van der Waals surface area contributed by atoms with E-state index in [-0.39, 0.29) is 22.9 Å². The summed E-state index contributed by atoms with van der Waals surface area (Å²) in [6.07, 6.45) is 7.85. The first kappa shape index (κ1) is 25.6. The van der Waals surface area contributed by atoms with E-state index in [4.69, 9.17) is 32.0 Å². The molecule has 42 heavy (non-hydrogen) atoms. The maximum Gasteiger partial charge on any atom is 0.253 e. The van der Waals surface area contributed by atoms with Crippen LogP contribution >= 0.6 is 11.6 Å². The fourth-order valence-corrected chi connectivity index (χ4v) is 5.57. The van der Waals surface area contributed by atoms with Crippen LogP contribution in [0.5, 0.6) is 5.88 Å². The molecular weight excluding hydrogens is 556 g/mol. The summed E-state index contributed by atoms with van der Waals surface area (Å²) in [6.45, 7) is 0. The van der Waals surface area contributed by atoms with Gasteiger partial charge in [0.2, 0.25) is 5.88 Å². The summed E-state index contributed by atoms with van der Waals surface area (Å²) in [5.41, 5.74) is 11.6. The van der Waals surface area contributed by atoms with Crippen molar-refractivity contribution in [3.05, 3.63) is 95.0 Å². The van der Waals surface area contributed by atoms with Crippen LogP contribution in [-0.4, -0.2) is 52.5 Å². The predicted molar refractivity (Wildman–Crippen MR) is 156 cm³/mol. The van der Waals surface area contributed by atoms with Crippen LogP contribution in [-0.2, 0) is 6.42 Å². The molecule has 12 nitrogen and oxygen atoms in total. The summed E-state index contributed by atoms with van der Waals surface area (Å²) in [5, 5.41) is 11.7. The van der Waals surface area contributed by atoms with Crippen LogP contribution in [0.15, 0.2) is 73.3 Å². The maximum absolute atomic E-state index is 13.1. The van der Waals surface area contributed by atoms with Crippen molar-refractivity contribution in [1.29, 1.82) is 0 Å². The third-order valence-electron chi connectivity index (χ3n) is 7.26. The van der Waals surface area contributed by atoms with E-state index in [0.717, 1.165) is 29.7 Å². The molecular formula is C29H23ClN10O2. The summed E-state index contributed by atoms with van der Waals surface area (Å²) in [4.78, 5) is 32.7. The molecule has 0 bridgehead atoms. The van der Waals surface area contributed by atoms with Crippen molar-refractivity contribution in [2.45, 2.75) is 18.9 Å². The largest absolute Gasteiger partial charge is 0.480 e. The number of methoxy groups -OCH3 is 1. The van der Waals surface area contributed by atoms with Crippen LogP contribution in [0.4, 0.5) is 5.82 Å². The standard InChI is InChI=1S/C29H23ClN10O2/c1-42-29-24(30)19(10-12-33-29)28(41)37-21-7-4-16-15-17(5-6-18(16)21)39-26(20-3-2-11-32-25(20)31)36-22-8-9-23(38-27(22)39)40-34-13-14-35-40/h2-3,5-6,8-15,21H,4,7H2,1H3,(H2,31,32)(H,37,41)/t21-/m0/s1. The Hall–Kier alpha value is -5.36. The van der Waals surface area contributed by atoms with Gasteiger partial charge in [0.1, 0.15) is 16.4 Å². The summed E-state index contributed by atoms with van der Waals surface area (Å²) < 4.78 is 7.13. The number of nitrogens with two attached hydrogens (primary N) is 1. The summed E-state index contributed by atoms with van der Waals surface area (Å²) in [6, 6.07) is 14.9. The summed E-state index contributed by atoms with van der Waals surface area (Å²) >= 11 is 6.35. The van der Waals surface area contributed by atoms with Crippen molar-refractivity contribution >= 4 is 34.5 Å². The number of nitrogen functional groups attached to an aromatic ring is 1. The molecule has 0 saturated carbocycles. The molecule has 0 fully saturated rings. The number of aromatic nitrogens is 8. The van der Waals surface area contributed by atoms with Gasteiger partial charge in [-0.15, -0.1) is 4.80 Å². The molecule has 6 aromatic rings. The Kier molecular flexibility index (Phi) is 6.24. The van der Waals surface area contributed by atoms with Crippen molar-refractivity contribution in [3.8, 4) is 28.8 Å². The highest BCUT2D eigenvalue weighted by Crippen LogP contribution is 2.36. The van der Waals surface area contributed by atoms with Gasteiger partial charge in [-0.1, -0.05) is 17.7 Å². The molecule has 1 aliphatic rings. The number of nitrogens with zero attached hydrogens (tertiary/aromatic N) is 8. The molecule has 1 aliphatic carbocycles. The number of aryl methyl sites for hydroxylation is 1. The molecule has 0 aliphatic heterocycles. The van der Waals surface area contributed by atoms with Crippen LogP contribution in [0.3, 0.4) is 0 Å². The molecule has 208 valence electrons. The highest BCUT2D eigenvalue weighted by molar-refractivity contribution is 6.35. The molecule has 5 aromatic heterocycles. The number of benzene rings is 1. The minimum Gasteiger partial charge on any atom is -0.480 e. The first-order chi connectivity index (χ1) is 20.5. The lowest BCUT2D eigenvalue weighted by Crippen LogP contribution is -2.27.